The van der Waals surface area contributed by atoms with Crippen molar-refractivity contribution < 1.29 is 24.6 Å². The van der Waals surface area contributed by atoms with E-state index in [0.717, 1.165) is 56.6 Å². The summed E-state index contributed by atoms with van der Waals surface area (Å²) in [5, 5.41) is 23.9. The summed E-state index contributed by atoms with van der Waals surface area (Å²) < 4.78 is 0. The number of aliphatic hydroxyl groups is 1. The van der Waals surface area contributed by atoms with Gasteiger partial charge in [0.05, 0.1) is 18.1 Å². The van der Waals surface area contributed by atoms with Crippen molar-refractivity contribution in [1.82, 2.24) is 15.1 Å². The summed E-state index contributed by atoms with van der Waals surface area (Å²) in [7, 11) is 0. The van der Waals surface area contributed by atoms with Gasteiger partial charge in [-0.05, 0) is 57.3 Å². The predicted octanol–water partition coefficient (Wildman–Crippen LogP) is 2.18. The molecule has 2 amide bonds. The van der Waals surface area contributed by atoms with Crippen LogP contribution in [0, 0.1) is 17.3 Å². The van der Waals surface area contributed by atoms with Crippen LogP contribution in [0.5, 0.6) is 0 Å². The standard InChI is InChI=1S/C25H37N3O5S/c1-14-20-19(15(2)29)23(31)28(20)21(24(32)33)22(14)34-16-12-17(26-13-16)25(8-9-25)7-5-6-18(30)27-10-3-4-11-27/h14-17,19-20,26,29H,3-13H2,1-2H3,(H,32,33)/t14-,15-,16+,17+,19-,20-/m1/s1. The summed E-state index contributed by atoms with van der Waals surface area (Å²) in [6.07, 6.45) is 7.51. The number of carboxylic acid groups (broad SMARTS) is 1. The molecule has 34 heavy (non-hydrogen) atoms. The molecular formula is C25H37N3O5S. The van der Waals surface area contributed by atoms with Gasteiger partial charge in [0.1, 0.15) is 5.70 Å². The summed E-state index contributed by atoms with van der Waals surface area (Å²) in [6, 6.07) is 0.149. The number of nitrogens with zero attached hydrogens (tertiary/aromatic N) is 2. The fourth-order valence-corrected chi connectivity index (χ4v) is 8.25. The van der Waals surface area contributed by atoms with E-state index >= 15 is 0 Å². The molecule has 8 nitrogen and oxygen atoms in total. The monoisotopic (exact) mass is 491 g/mol. The maximum absolute atomic E-state index is 12.6. The van der Waals surface area contributed by atoms with E-state index in [1.807, 2.05) is 11.8 Å². The molecule has 5 aliphatic rings. The molecule has 0 bridgehead atoms. The Hall–Kier alpha value is -1.58. The largest absolute Gasteiger partial charge is 0.477 e. The smallest absolute Gasteiger partial charge is 0.353 e. The molecule has 5 rings (SSSR count). The van der Waals surface area contributed by atoms with Crippen molar-refractivity contribution in [2.75, 3.05) is 19.6 Å². The van der Waals surface area contributed by atoms with Crippen LogP contribution in [0.25, 0.3) is 0 Å². The Morgan fingerprint density at radius 3 is 2.59 bits per heavy atom. The minimum absolute atomic E-state index is 0.0843. The second kappa shape index (κ2) is 9.13. The Bertz CT molecular complexity index is 895. The number of hydrogen-bond acceptors (Lipinski definition) is 6. The molecule has 4 aliphatic heterocycles. The lowest BCUT2D eigenvalue weighted by Gasteiger charge is -2.46. The first-order valence-electron chi connectivity index (χ1n) is 12.9. The summed E-state index contributed by atoms with van der Waals surface area (Å²) in [5.74, 6) is -1.63. The molecule has 0 aromatic carbocycles. The molecule has 0 spiro atoms. The van der Waals surface area contributed by atoms with E-state index in [2.05, 4.69) is 5.32 Å². The van der Waals surface area contributed by atoms with Gasteiger partial charge in [-0.25, -0.2) is 4.79 Å². The molecule has 0 aromatic heterocycles. The van der Waals surface area contributed by atoms with E-state index in [9.17, 15) is 24.6 Å². The van der Waals surface area contributed by atoms with Crippen LogP contribution in [0.3, 0.4) is 0 Å². The Morgan fingerprint density at radius 2 is 1.97 bits per heavy atom. The Balaban J connectivity index is 1.18. The molecular weight excluding hydrogens is 454 g/mol. The van der Waals surface area contributed by atoms with E-state index in [4.69, 9.17) is 0 Å². The highest BCUT2D eigenvalue weighted by atomic mass is 32.2. The third-order valence-corrected chi connectivity index (χ3v) is 10.4. The van der Waals surface area contributed by atoms with Crippen molar-refractivity contribution in [2.24, 2.45) is 17.3 Å². The second-order valence-electron chi connectivity index (χ2n) is 11.0. The minimum atomic E-state index is -1.06. The topological polar surface area (TPSA) is 110 Å². The van der Waals surface area contributed by atoms with Crippen LogP contribution in [0.4, 0.5) is 0 Å². The predicted molar refractivity (Wildman–Crippen MR) is 129 cm³/mol. The van der Waals surface area contributed by atoms with Crippen molar-refractivity contribution in [3.05, 3.63) is 10.6 Å². The molecule has 188 valence electrons. The van der Waals surface area contributed by atoms with Gasteiger partial charge in [-0.3, -0.25) is 9.59 Å². The number of thioether (sulfide) groups is 1. The second-order valence-corrected chi connectivity index (χ2v) is 12.4. The van der Waals surface area contributed by atoms with Crippen LogP contribution in [-0.4, -0.2) is 80.9 Å². The number of rotatable bonds is 9. The average molecular weight is 492 g/mol. The van der Waals surface area contributed by atoms with Gasteiger partial charge >= 0.3 is 5.97 Å². The number of amides is 2. The zero-order valence-electron chi connectivity index (χ0n) is 20.2. The van der Waals surface area contributed by atoms with Crippen molar-refractivity contribution in [3.8, 4) is 0 Å². The molecule has 4 fully saturated rings. The van der Waals surface area contributed by atoms with Crippen molar-refractivity contribution in [1.29, 1.82) is 0 Å². The lowest BCUT2D eigenvalue weighted by Crippen LogP contribution is -2.63. The van der Waals surface area contributed by atoms with E-state index in [1.54, 1.807) is 18.7 Å². The number of β-lactam (4-membered cyclic amide) rings is 1. The number of carboxylic acids is 1. The number of aliphatic hydroxyl groups excluding tert-OH is 1. The summed E-state index contributed by atoms with van der Waals surface area (Å²) in [4.78, 5) is 41.2. The van der Waals surface area contributed by atoms with Gasteiger partial charge in [0.15, 0.2) is 0 Å². The van der Waals surface area contributed by atoms with Gasteiger partial charge < -0.3 is 25.3 Å². The number of aliphatic carboxylic acids is 1. The van der Waals surface area contributed by atoms with Crippen LogP contribution >= 0.6 is 11.8 Å². The normalized spacial score (nSPS) is 34.9. The molecule has 1 saturated carbocycles. The van der Waals surface area contributed by atoms with Gasteiger partial charge in [0.2, 0.25) is 11.8 Å². The van der Waals surface area contributed by atoms with Crippen LogP contribution < -0.4 is 5.32 Å². The molecule has 3 saturated heterocycles. The molecule has 0 unspecified atom stereocenters. The summed E-state index contributed by atoms with van der Waals surface area (Å²) in [5.41, 5.74) is 0.399. The number of carbonyl (C=O) groups excluding carboxylic acids is 2. The first kappa shape index (κ1) is 24.1. The Morgan fingerprint density at radius 1 is 1.26 bits per heavy atom. The fourth-order valence-electron chi connectivity index (χ4n) is 6.77. The molecule has 3 N–H and O–H groups in total. The van der Waals surface area contributed by atoms with E-state index < -0.39 is 18.0 Å². The fraction of sp³-hybridized carbons (Fsp3) is 0.800. The zero-order valence-corrected chi connectivity index (χ0v) is 21.0. The van der Waals surface area contributed by atoms with Gasteiger partial charge in [0.25, 0.3) is 0 Å². The van der Waals surface area contributed by atoms with Gasteiger partial charge in [-0.1, -0.05) is 6.92 Å². The van der Waals surface area contributed by atoms with Crippen LogP contribution in [0.2, 0.25) is 0 Å². The van der Waals surface area contributed by atoms with Gasteiger partial charge in [-0.15, -0.1) is 11.8 Å². The number of nitrogens with one attached hydrogen (secondary N) is 1. The van der Waals surface area contributed by atoms with Crippen molar-refractivity contribution >= 4 is 29.5 Å². The highest BCUT2D eigenvalue weighted by Gasteiger charge is 2.60. The summed E-state index contributed by atoms with van der Waals surface area (Å²) >= 11 is 1.62. The Kier molecular flexibility index (Phi) is 6.48. The lowest BCUT2D eigenvalue weighted by molar-refractivity contribution is -0.163. The number of likely N-dealkylation sites (tertiary alicyclic amines) is 1. The highest BCUT2D eigenvalue weighted by molar-refractivity contribution is 8.03. The molecule has 0 aromatic rings. The third-order valence-electron chi connectivity index (χ3n) is 8.85. The van der Waals surface area contributed by atoms with Crippen LogP contribution in [0.15, 0.2) is 10.6 Å². The van der Waals surface area contributed by atoms with Crippen molar-refractivity contribution in [3.63, 3.8) is 0 Å². The number of fused-ring (bicyclic) bond motifs is 1. The highest BCUT2D eigenvalue weighted by Crippen LogP contribution is 2.57. The van der Waals surface area contributed by atoms with E-state index in [1.165, 1.54) is 17.7 Å². The number of carbonyl (C=O) groups is 3. The Labute approximate surface area is 205 Å². The first-order chi connectivity index (χ1) is 16.2. The molecule has 4 heterocycles. The molecule has 6 atom stereocenters. The SMILES string of the molecule is C[C@@H](O)[C@H]1C(=O)N2C(C(=O)O)=C(S[C@@H]3CN[C@H](C4(CCCC(=O)N5CCCC5)CC4)C3)[C@H](C)[C@H]12. The van der Waals surface area contributed by atoms with Gasteiger partial charge in [0, 0.05) is 48.2 Å². The number of hydrogen-bond donors (Lipinski definition) is 3. The van der Waals surface area contributed by atoms with Gasteiger partial charge in [-0.2, -0.15) is 0 Å². The molecule has 1 aliphatic carbocycles. The molecule has 0 radical (unpaired) electrons. The maximum atomic E-state index is 12.6. The average Bonchev–Trinajstić information content (AvgIpc) is 3.15. The zero-order chi connectivity index (χ0) is 24.2. The van der Waals surface area contributed by atoms with Crippen molar-refractivity contribution in [2.45, 2.75) is 88.7 Å². The lowest BCUT2D eigenvalue weighted by atomic mass is 9.79. The third kappa shape index (κ3) is 4.07. The maximum Gasteiger partial charge on any atom is 0.353 e. The van der Waals surface area contributed by atoms with Crippen LogP contribution in [-0.2, 0) is 14.4 Å². The van der Waals surface area contributed by atoms with E-state index in [-0.39, 0.29) is 34.2 Å². The minimum Gasteiger partial charge on any atom is -0.477 e. The molecule has 9 heteroatoms. The summed E-state index contributed by atoms with van der Waals surface area (Å²) in [6.45, 7) is 6.25. The van der Waals surface area contributed by atoms with E-state index in [0.29, 0.717) is 18.4 Å². The first-order valence-corrected chi connectivity index (χ1v) is 13.8. The quantitative estimate of drug-likeness (QED) is 0.424. The van der Waals surface area contributed by atoms with Crippen LogP contribution in [0.1, 0.15) is 65.2 Å².